The van der Waals surface area contributed by atoms with E-state index in [1.807, 2.05) is 6.07 Å². The van der Waals surface area contributed by atoms with Crippen molar-refractivity contribution < 1.29 is 0 Å². The zero-order valence-electron chi connectivity index (χ0n) is 11.7. The Kier molecular flexibility index (Phi) is 3.42. The molecule has 0 aromatic heterocycles. The monoisotopic (exact) mass is 265 g/mol. The summed E-state index contributed by atoms with van der Waals surface area (Å²) in [5, 5.41) is 0. The van der Waals surface area contributed by atoms with E-state index >= 15 is 0 Å². The zero-order chi connectivity index (χ0) is 13.9. The van der Waals surface area contributed by atoms with Crippen LogP contribution in [0.3, 0.4) is 0 Å². The number of benzene rings is 2. The molecule has 3 rings (SSSR count). The fourth-order valence-electron chi connectivity index (χ4n) is 2.71. The lowest BCUT2D eigenvalue weighted by molar-refractivity contribution is 0.704. The third kappa shape index (κ3) is 2.52. The highest BCUT2D eigenvalue weighted by molar-refractivity contribution is 5.97. The van der Waals surface area contributed by atoms with Crippen molar-refractivity contribution in [3.63, 3.8) is 0 Å². The first-order chi connectivity index (χ1) is 9.74. The van der Waals surface area contributed by atoms with Crippen LogP contribution in [0.25, 0.3) is 0 Å². The molecule has 2 aromatic rings. The summed E-state index contributed by atoms with van der Waals surface area (Å²) in [4.78, 5) is 6.57. The van der Waals surface area contributed by atoms with E-state index in [2.05, 4.69) is 65.3 Å². The molecule has 3 nitrogen and oxygen atoms in total. The minimum atomic E-state index is 0.305. The normalized spacial score (nSPS) is 18.1. The van der Waals surface area contributed by atoms with E-state index in [0.29, 0.717) is 12.0 Å². The molecule has 0 saturated carbocycles. The van der Waals surface area contributed by atoms with E-state index in [1.165, 1.54) is 11.1 Å². The summed E-state index contributed by atoms with van der Waals surface area (Å²) in [6.45, 7) is 2.85. The third-order valence-electron chi connectivity index (χ3n) is 3.67. The van der Waals surface area contributed by atoms with E-state index in [4.69, 9.17) is 5.73 Å². The highest BCUT2D eigenvalue weighted by atomic mass is 15.3. The molecule has 20 heavy (non-hydrogen) atoms. The molecular formula is C17H19N3. The summed E-state index contributed by atoms with van der Waals surface area (Å²) in [6.07, 6.45) is 0.957. The van der Waals surface area contributed by atoms with E-state index in [-0.39, 0.29) is 0 Å². The Morgan fingerprint density at radius 3 is 2.70 bits per heavy atom. The van der Waals surface area contributed by atoms with Crippen molar-refractivity contribution in [2.45, 2.75) is 19.4 Å². The number of hydrogen-bond donors (Lipinski definition) is 1. The lowest BCUT2D eigenvalue weighted by atomic mass is 10.0. The van der Waals surface area contributed by atoms with E-state index < -0.39 is 0 Å². The van der Waals surface area contributed by atoms with Crippen molar-refractivity contribution >= 4 is 11.6 Å². The van der Waals surface area contributed by atoms with Gasteiger partial charge >= 0.3 is 0 Å². The molecule has 0 saturated heterocycles. The van der Waals surface area contributed by atoms with Crippen LogP contribution in [0.1, 0.15) is 11.1 Å². The second-order valence-corrected chi connectivity index (χ2v) is 5.25. The summed E-state index contributed by atoms with van der Waals surface area (Å²) in [6, 6.07) is 19.2. The van der Waals surface area contributed by atoms with Crippen LogP contribution in [0.15, 0.2) is 59.6 Å². The van der Waals surface area contributed by atoms with E-state index in [1.54, 1.807) is 0 Å². The molecule has 1 unspecified atom stereocenters. The second-order valence-electron chi connectivity index (χ2n) is 5.25. The van der Waals surface area contributed by atoms with Crippen molar-refractivity contribution in [1.29, 1.82) is 0 Å². The third-order valence-corrected chi connectivity index (χ3v) is 3.67. The van der Waals surface area contributed by atoms with Crippen LogP contribution in [0.2, 0.25) is 0 Å². The highest BCUT2D eigenvalue weighted by Crippen LogP contribution is 2.23. The Bertz CT molecular complexity index is 619. The smallest absolute Gasteiger partial charge is 0.196 e. The molecular weight excluding hydrogens is 246 g/mol. The largest absolute Gasteiger partial charge is 0.370 e. The molecule has 3 heteroatoms. The minimum Gasteiger partial charge on any atom is -0.370 e. The number of guanidine groups is 1. The molecule has 1 aliphatic rings. The number of rotatable bonds is 3. The number of hydrogen-bond acceptors (Lipinski definition) is 3. The fraction of sp³-hybridized carbons (Fsp3) is 0.235. The summed E-state index contributed by atoms with van der Waals surface area (Å²) >= 11 is 0. The van der Waals surface area contributed by atoms with Gasteiger partial charge in [-0.25, -0.2) is 0 Å². The van der Waals surface area contributed by atoms with Crippen LogP contribution in [-0.4, -0.2) is 18.5 Å². The highest BCUT2D eigenvalue weighted by Gasteiger charge is 2.27. The van der Waals surface area contributed by atoms with Crippen LogP contribution in [-0.2, 0) is 6.42 Å². The topological polar surface area (TPSA) is 41.6 Å². The average Bonchev–Trinajstić information content (AvgIpc) is 2.81. The molecule has 0 fully saturated rings. The lowest BCUT2D eigenvalue weighted by Crippen LogP contribution is -2.42. The van der Waals surface area contributed by atoms with Gasteiger partial charge in [-0.05, 0) is 36.6 Å². The van der Waals surface area contributed by atoms with Gasteiger partial charge in [-0.3, -0.25) is 4.99 Å². The first-order valence-electron chi connectivity index (χ1n) is 6.94. The van der Waals surface area contributed by atoms with Gasteiger partial charge in [0.15, 0.2) is 5.96 Å². The van der Waals surface area contributed by atoms with Crippen molar-refractivity contribution in [3.05, 3.63) is 65.7 Å². The molecule has 0 amide bonds. The number of anilines is 1. The van der Waals surface area contributed by atoms with Gasteiger partial charge in [0.05, 0.1) is 12.6 Å². The second kappa shape index (κ2) is 5.37. The van der Waals surface area contributed by atoms with Gasteiger partial charge < -0.3 is 10.6 Å². The van der Waals surface area contributed by atoms with Crippen LogP contribution >= 0.6 is 0 Å². The van der Waals surface area contributed by atoms with Crippen LogP contribution < -0.4 is 10.6 Å². The Hall–Kier alpha value is -2.29. The molecule has 102 valence electrons. The van der Waals surface area contributed by atoms with Gasteiger partial charge in [-0.2, -0.15) is 0 Å². The summed E-state index contributed by atoms with van der Waals surface area (Å²) < 4.78 is 0. The maximum Gasteiger partial charge on any atom is 0.196 e. The van der Waals surface area contributed by atoms with Gasteiger partial charge in [-0.1, -0.05) is 42.5 Å². The van der Waals surface area contributed by atoms with Gasteiger partial charge in [0, 0.05) is 5.69 Å². The average molecular weight is 265 g/mol. The van der Waals surface area contributed by atoms with Gasteiger partial charge in [0.25, 0.3) is 0 Å². The molecule has 0 bridgehead atoms. The maximum absolute atomic E-state index is 6.08. The maximum atomic E-state index is 6.08. The van der Waals surface area contributed by atoms with Crippen LogP contribution in [0.4, 0.5) is 5.69 Å². The van der Waals surface area contributed by atoms with Crippen molar-refractivity contribution in [2.75, 3.05) is 11.4 Å². The predicted octanol–water partition coefficient (Wildman–Crippen LogP) is 2.74. The number of aliphatic imine (C=N–C) groups is 1. The van der Waals surface area contributed by atoms with Crippen LogP contribution in [0, 0.1) is 6.92 Å². The first-order valence-corrected chi connectivity index (χ1v) is 6.94. The van der Waals surface area contributed by atoms with Crippen molar-refractivity contribution in [2.24, 2.45) is 10.7 Å². The Morgan fingerprint density at radius 1 is 1.15 bits per heavy atom. The van der Waals surface area contributed by atoms with E-state index in [0.717, 1.165) is 18.7 Å². The molecule has 0 radical (unpaired) electrons. The molecule has 1 aliphatic heterocycles. The molecule has 0 spiro atoms. The van der Waals surface area contributed by atoms with Gasteiger partial charge in [-0.15, -0.1) is 0 Å². The van der Waals surface area contributed by atoms with E-state index in [9.17, 15) is 0 Å². The zero-order valence-corrected chi connectivity index (χ0v) is 11.7. The Morgan fingerprint density at radius 2 is 1.95 bits per heavy atom. The molecule has 1 atom stereocenters. The Balaban J connectivity index is 1.85. The summed E-state index contributed by atoms with van der Waals surface area (Å²) in [5.74, 6) is 0.622. The van der Waals surface area contributed by atoms with Crippen LogP contribution in [0.5, 0.6) is 0 Å². The fourth-order valence-corrected chi connectivity index (χ4v) is 2.71. The number of aryl methyl sites for hydroxylation is 1. The van der Waals surface area contributed by atoms with Crippen molar-refractivity contribution in [1.82, 2.24) is 0 Å². The SMILES string of the molecule is Cc1cccc(N2C(N)=NCC2Cc2ccccc2)c1. The molecule has 2 N–H and O–H groups in total. The Labute approximate surface area is 119 Å². The molecule has 0 aliphatic carbocycles. The lowest BCUT2D eigenvalue weighted by Gasteiger charge is -2.26. The number of nitrogens with two attached hydrogens (primary N) is 1. The predicted molar refractivity (Wildman–Crippen MR) is 84.1 cm³/mol. The van der Waals surface area contributed by atoms with Crippen molar-refractivity contribution in [3.8, 4) is 0 Å². The summed E-state index contributed by atoms with van der Waals surface area (Å²) in [7, 11) is 0. The minimum absolute atomic E-state index is 0.305. The first kappa shape index (κ1) is 12.7. The standard InChI is InChI=1S/C17H19N3/c1-13-6-5-9-15(10-13)20-16(12-19-17(20)18)11-14-7-3-2-4-8-14/h2-10,16H,11-12H2,1H3,(H2,18,19). The summed E-state index contributed by atoms with van der Waals surface area (Å²) in [5.41, 5.74) is 9.77. The molecule has 1 heterocycles. The molecule has 2 aromatic carbocycles. The quantitative estimate of drug-likeness (QED) is 0.927. The van der Waals surface area contributed by atoms with Gasteiger partial charge in [0.2, 0.25) is 0 Å². The van der Waals surface area contributed by atoms with Gasteiger partial charge in [0.1, 0.15) is 0 Å². The number of nitrogens with zero attached hydrogens (tertiary/aromatic N) is 2.